The van der Waals surface area contributed by atoms with Crippen LogP contribution in [0.1, 0.15) is 37.4 Å². The van der Waals surface area contributed by atoms with Gasteiger partial charge in [-0.3, -0.25) is 4.79 Å². The Kier molecular flexibility index (Phi) is 8.10. The lowest BCUT2D eigenvalue weighted by molar-refractivity contribution is 0.0736. The molecular formula is C33H25Cl2NO5S. The van der Waals surface area contributed by atoms with Gasteiger partial charge in [-0.05, 0) is 92.6 Å². The second-order valence-electron chi connectivity index (χ2n) is 9.83. The van der Waals surface area contributed by atoms with Crippen molar-refractivity contribution in [2.75, 3.05) is 4.31 Å². The van der Waals surface area contributed by atoms with Gasteiger partial charge in [0, 0.05) is 26.4 Å². The van der Waals surface area contributed by atoms with Crippen LogP contribution in [0.2, 0.25) is 10.0 Å². The molecule has 0 spiro atoms. The Labute approximate surface area is 254 Å². The Hall–Kier alpha value is -4.17. The average Bonchev–Trinajstić information content (AvgIpc) is 2.94. The van der Waals surface area contributed by atoms with Crippen LogP contribution in [-0.2, 0) is 10.0 Å². The lowest BCUT2D eigenvalue weighted by atomic mass is 10.1. The highest BCUT2D eigenvalue weighted by Gasteiger charge is 2.35. The van der Waals surface area contributed by atoms with Gasteiger partial charge >= 0.3 is 5.97 Å². The van der Waals surface area contributed by atoms with Gasteiger partial charge in [-0.1, -0.05) is 65.2 Å². The van der Waals surface area contributed by atoms with Crippen LogP contribution in [0.5, 0.6) is 5.75 Å². The summed E-state index contributed by atoms with van der Waals surface area (Å²) in [5.41, 5.74) is 2.46. The van der Waals surface area contributed by atoms with Crippen LogP contribution in [0.3, 0.4) is 0 Å². The Morgan fingerprint density at radius 1 is 0.690 bits per heavy atom. The predicted molar refractivity (Wildman–Crippen MR) is 166 cm³/mol. The number of esters is 1. The first kappa shape index (κ1) is 29.3. The molecule has 0 aliphatic heterocycles. The number of hydrogen-bond acceptors (Lipinski definition) is 5. The molecular weight excluding hydrogens is 593 g/mol. The number of fused-ring (bicyclic) bond motifs is 1. The summed E-state index contributed by atoms with van der Waals surface area (Å²) in [4.78, 5) is 27.1. The van der Waals surface area contributed by atoms with E-state index in [1.807, 2.05) is 6.92 Å². The first-order chi connectivity index (χ1) is 20.0. The molecule has 0 heterocycles. The molecule has 0 aliphatic carbocycles. The number of carbonyl (C=O) groups is 2. The number of carbonyl (C=O) groups excluding carboxylic acids is 2. The van der Waals surface area contributed by atoms with Crippen LogP contribution in [0.15, 0.2) is 102 Å². The predicted octanol–water partition coefficient (Wildman–Crippen LogP) is 8.33. The van der Waals surface area contributed by atoms with Crippen molar-refractivity contribution in [3.8, 4) is 5.75 Å². The molecule has 9 heteroatoms. The fourth-order valence-electron chi connectivity index (χ4n) is 4.99. The van der Waals surface area contributed by atoms with E-state index < -0.39 is 21.9 Å². The molecule has 0 aliphatic rings. The number of rotatable bonds is 6. The molecule has 212 valence electrons. The minimum atomic E-state index is -4.43. The maximum absolute atomic E-state index is 14.5. The van der Waals surface area contributed by atoms with Gasteiger partial charge in [-0.15, -0.1) is 0 Å². The summed E-state index contributed by atoms with van der Waals surface area (Å²) < 4.78 is 35.5. The summed E-state index contributed by atoms with van der Waals surface area (Å²) in [5.74, 6) is -1.17. The molecule has 0 unspecified atom stereocenters. The lowest BCUT2D eigenvalue weighted by Gasteiger charge is -2.26. The van der Waals surface area contributed by atoms with E-state index in [2.05, 4.69) is 0 Å². The summed E-state index contributed by atoms with van der Waals surface area (Å²) in [5, 5.41) is 1.72. The van der Waals surface area contributed by atoms with Crippen LogP contribution in [0.4, 0.5) is 5.69 Å². The number of sulfonamides is 1. The van der Waals surface area contributed by atoms with Gasteiger partial charge in [-0.25, -0.2) is 13.2 Å². The van der Waals surface area contributed by atoms with E-state index in [1.54, 1.807) is 74.5 Å². The van der Waals surface area contributed by atoms with Gasteiger partial charge < -0.3 is 4.74 Å². The Morgan fingerprint density at radius 2 is 1.21 bits per heavy atom. The molecule has 0 saturated heterocycles. The van der Waals surface area contributed by atoms with Crippen LogP contribution >= 0.6 is 23.2 Å². The molecule has 5 aromatic rings. The lowest BCUT2D eigenvalue weighted by Crippen LogP contribution is -2.38. The monoisotopic (exact) mass is 617 g/mol. The maximum atomic E-state index is 14.5. The largest absolute Gasteiger partial charge is 0.422 e. The molecule has 42 heavy (non-hydrogen) atoms. The minimum absolute atomic E-state index is 0.0396. The minimum Gasteiger partial charge on any atom is -0.422 e. The number of anilines is 1. The number of ether oxygens (including phenoxy) is 1. The number of halogens is 2. The third kappa shape index (κ3) is 5.63. The van der Waals surface area contributed by atoms with Gasteiger partial charge in [0.15, 0.2) is 0 Å². The van der Waals surface area contributed by atoms with Crippen molar-refractivity contribution >= 4 is 61.6 Å². The zero-order chi connectivity index (χ0) is 30.2. The van der Waals surface area contributed by atoms with Crippen LogP contribution in [0, 0.1) is 20.8 Å². The Morgan fingerprint density at radius 3 is 1.79 bits per heavy atom. The zero-order valence-electron chi connectivity index (χ0n) is 22.9. The summed E-state index contributed by atoms with van der Waals surface area (Å²) >= 11 is 12.0. The van der Waals surface area contributed by atoms with Crippen molar-refractivity contribution in [2.24, 2.45) is 0 Å². The average molecular weight is 619 g/mol. The fourth-order valence-corrected chi connectivity index (χ4v) is 7.10. The van der Waals surface area contributed by atoms with Crippen molar-refractivity contribution in [1.29, 1.82) is 0 Å². The maximum Gasteiger partial charge on any atom is 0.343 e. The third-order valence-corrected chi connectivity index (χ3v) is 9.25. The molecule has 5 aromatic carbocycles. The van der Waals surface area contributed by atoms with Gasteiger partial charge in [0.1, 0.15) is 5.75 Å². The van der Waals surface area contributed by atoms with Gasteiger partial charge in [0.25, 0.3) is 15.9 Å². The van der Waals surface area contributed by atoms with E-state index in [-0.39, 0.29) is 21.9 Å². The smallest absolute Gasteiger partial charge is 0.343 e. The summed E-state index contributed by atoms with van der Waals surface area (Å²) in [7, 11) is -4.43. The molecule has 0 aromatic heterocycles. The van der Waals surface area contributed by atoms with Crippen molar-refractivity contribution in [1.82, 2.24) is 0 Å². The summed E-state index contributed by atoms with van der Waals surface area (Å²) in [6, 6.07) is 25.6. The summed E-state index contributed by atoms with van der Waals surface area (Å²) in [6.07, 6.45) is 0. The van der Waals surface area contributed by atoms with E-state index in [0.717, 1.165) is 9.87 Å². The van der Waals surface area contributed by atoms with Crippen molar-refractivity contribution in [3.63, 3.8) is 0 Å². The van der Waals surface area contributed by atoms with Crippen LogP contribution in [-0.4, -0.2) is 20.3 Å². The Bertz CT molecular complexity index is 1930. The van der Waals surface area contributed by atoms with Gasteiger partial charge in [0.05, 0.1) is 16.1 Å². The molecule has 0 saturated carbocycles. The second-order valence-corrected chi connectivity index (χ2v) is 12.4. The van der Waals surface area contributed by atoms with Crippen molar-refractivity contribution in [3.05, 3.63) is 135 Å². The van der Waals surface area contributed by atoms with E-state index in [0.29, 0.717) is 37.5 Å². The molecule has 0 fully saturated rings. The first-order valence-electron chi connectivity index (χ1n) is 12.9. The number of amides is 1. The molecule has 0 atom stereocenters. The zero-order valence-corrected chi connectivity index (χ0v) is 25.2. The molecule has 0 bridgehead atoms. The highest BCUT2D eigenvalue weighted by molar-refractivity contribution is 7.93. The normalized spacial score (nSPS) is 11.4. The number of nitrogens with zero attached hydrogens (tertiary/aromatic N) is 1. The van der Waals surface area contributed by atoms with Gasteiger partial charge in [-0.2, -0.15) is 4.31 Å². The number of aryl methyl sites for hydroxylation is 3. The quantitative estimate of drug-likeness (QED) is 0.141. The fraction of sp³-hybridized carbons (Fsp3) is 0.0909. The summed E-state index contributed by atoms with van der Waals surface area (Å²) in [6.45, 7) is 5.29. The van der Waals surface area contributed by atoms with Crippen LogP contribution in [0.25, 0.3) is 10.8 Å². The second kappa shape index (κ2) is 11.6. The SMILES string of the molecule is Cc1cc(C)c(S(=O)(=O)N(C(=O)c2ccc(Cl)cc2)c2ccc(OC(=O)c3ccc(Cl)cc3)c3ccccc23)c(C)c1. The van der Waals surface area contributed by atoms with Crippen molar-refractivity contribution < 1.29 is 22.7 Å². The molecule has 0 N–H and O–H groups in total. The van der Waals surface area contributed by atoms with E-state index in [1.165, 1.54) is 36.4 Å². The number of hydrogen-bond donors (Lipinski definition) is 0. The number of benzene rings is 5. The first-order valence-corrected chi connectivity index (χ1v) is 15.1. The van der Waals surface area contributed by atoms with E-state index >= 15 is 0 Å². The van der Waals surface area contributed by atoms with Crippen molar-refractivity contribution in [2.45, 2.75) is 25.7 Å². The molecule has 1 amide bonds. The molecule has 6 nitrogen and oxygen atoms in total. The molecule has 5 rings (SSSR count). The highest BCUT2D eigenvalue weighted by atomic mass is 35.5. The standard InChI is InChI=1S/C33H25Cl2NO5S/c1-20-18-21(2)31(22(3)19-20)42(39,40)36(32(37)23-8-12-25(34)13-9-23)29-16-17-30(28-7-5-4-6-27(28)29)41-33(38)24-10-14-26(35)15-11-24/h4-19H,1-3H3. The van der Waals surface area contributed by atoms with Crippen LogP contribution < -0.4 is 9.04 Å². The highest BCUT2D eigenvalue weighted by Crippen LogP contribution is 2.38. The topological polar surface area (TPSA) is 80.8 Å². The van der Waals surface area contributed by atoms with E-state index in [4.69, 9.17) is 27.9 Å². The molecule has 0 radical (unpaired) electrons. The van der Waals surface area contributed by atoms with Gasteiger partial charge in [0.2, 0.25) is 0 Å². The van der Waals surface area contributed by atoms with E-state index in [9.17, 15) is 18.0 Å². The third-order valence-electron chi connectivity index (χ3n) is 6.74. The Balaban J connectivity index is 1.70.